The second-order valence-electron chi connectivity index (χ2n) is 5.08. The maximum atomic E-state index is 11.9. The fraction of sp³-hybridized carbons (Fsp3) is 0.375. The molecule has 1 heterocycles. The van der Waals surface area contributed by atoms with Crippen LogP contribution in [0.15, 0.2) is 35.1 Å². The first kappa shape index (κ1) is 15.9. The highest BCUT2D eigenvalue weighted by atomic mass is 16.4. The molecule has 2 rings (SSSR count). The number of hydrogen-bond donors (Lipinski definition) is 1. The van der Waals surface area contributed by atoms with E-state index in [0.29, 0.717) is 25.1 Å². The average molecular weight is 301 g/mol. The lowest BCUT2D eigenvalue weighted by atomic mass is 10.1. The molecule has 116 valence electrons. The van der Waals surface area contributed by atoms with Crippen molar-refractivity contribution in [1.82, 2.24) is 14.8 Å². The first-order valence-electron chi connectivity index (χ1n) is 7.28. The van der Waals surface area contributed by atoms with Crippen molar-refractivity contribution in [3.63, 3.8) is 0 Å². The summed E-state index contributed by atoms with van der Waals surface area (Å²) in [7, 11) is 0. The maximum Gasteiger partial charge on any atom is 0.328 e. The van der Waals surface area contributed by atoms with Crippen LogP contribution in [0.5, 0.6) is 0 Å². The molecule has 0 saturated carbocycles. The number of carboxylic acid groups (broad SMARTS) is 1. The molecule has 1 unspecified atom stereocenters. The minimum Gasteiger partial charge on any atom is -0.480 e. The summed E-state index contributed by atoms with van der Waals surface area (Å²) >= 11 is 0. The molecule has 0 aliphatic heterocycles. The third-order valence-electron chi connectivity index (χ3n) is 3.51. The zero-order chi connectivity index (χ0) is 16.1. The molecule has 0 aliphatic rings. The second kappa shape index (κ2) is 6.98. The highest BCUT2D eigenvalue weighted by molar-refractivity contribution is 5.71. The third-order valence-corrected chi connectivity index (χ3v) is 3.51. The fourth-order valence-electron chi connectivity index (χ4n) is 2.17. The van der Waals surface area contributed by atoms with Gasteiger partial charge in [0.15, 0.2) is 0 Å². The zero-order valence-corrected chi connectivity index (χ0v) is 12.7. The number of rotatable bonds is 6. The Labute approximate surface area is 128 Å². The Morgan fingerprint density at radius 1 is 1.27 bits per heavy atom. The molecule has 0 saturated heterocycles. The largest absolute Gasteiger partial charge is 0.480 e. The van der Waals surface area contributed by atoms with Gasteiger partial charge in [0, 0.05) is 6.42 Å². The summed E-state index contributed by atoms with van der Waals surface area (Å²) in [4.78, 5) is 27.2. The molecule has 1 aromatic carbocycles. The lowest BCUT2D eigenvalue weighted by molar-refractivity contribution is -0.140. The normalized spacial score (nSPS) is 12.1. The van der Waals surface area contributed by atoms with Gasteiger partial charge in [0.1, 0.15) is 17.6 Å². The SMILES string of the molecule is CCc1nn(C(C)C(=O)O)c(CCc2ccccc2)nc1=O. The van der Waals surface area contributed by atoms with Gasteiger partial charge in [-0.1, -0.05) is 37.3 Å². The van der Waals surface area contributed by atoms with Crippen LogP contribution in [0.1, 0.15) is 37.0 Å². The molecule has 0 fully saturated rings. The Balaban J connectivity index is 2.34. The van der Waals surface area contributed by atoms with Crippen LogP contribution in [-0.4, -0.2) is 25.8 Å². The van der Waals surface area contributed by atoms with Crippen LogP contribution in [-0.2, 0) is 24.1 Å². The molecular formula is C16H19N3O3. The summed E-state index contributed by atoms with van der Waals surface area (Å²) in [6, 6.07) is 8.92. The molecule has 1 N–H and O–H groups in total. The summed E-state index contributed by atoms with van der Waals surface area (Å²) in [5.74, 6) is -0.595. The zero-order valence-electron chi connectivity index (χ0n) is 12.7. The third kappa shape index (κ3) is 3.58. The van der Waals surface area contributed by atoms with E-state index in [0.717, 1.165) is 5.56 Å². The summed E-state index contributed by atoms with van der Waals surface area (Å²) in [6.45, 7) is 3.33. The van der Waals surface area contributed by atoms with E-state index in [-0.39, 0.29) is 11.3 Å². The Kier molecular flexibility index (Phi) is 5.04. The lowest BCUT2D eigenvalue weighted by Gasteiger charge is -2.15. The number of aliphatic carboxylic acids is 1. The van der Waals surface area contributed by atoms with Gasteiger partial charge in [-0.15, -0.1) is 0 Å². The Hall–Kier alpha value is -2.50. The summed E-state index contributed by atoms with van der Waals surface area (Å²) in [5.41, 5.74) is 1.02. The summed E-state index contributed by atoms with van der Waals surface area (Å²) < 4.78 is 1.35. The number of nitrogens with zero attached hydrogens (tertiary/aromatic N) is 3. The highest BCUT2D eigenvalue weighted by Crippen LogP contribution is 2.10. The van der Waals surface area contributed by atoms with Crippen molar-refractivity contribution in [3.8, 4) is 0 Å². The van der Waals surface area contributed by atoms with Crippen molar-refractivity contribution >= 4 is 5.97 Å². The Morgan fingerprint density at radius 2 is 1.95 bits per heavy atom. The van der Waals surface area contributed by atoms with E-state index >= 15 is 0 Å². The van der Waals surface area contributed by atoms with Gasteiger partial charge in [0.25, 0.3) is 5.56 Å². The van der Waals surface area contributed by atoms with Gasteiger partial charge in [-0.2, -0.15) is 10.1 Å². The van der Waals surface area contributed by atoms with Gasteiger partial charge in [-0.3, -0.25) is 4.79 Å². The number of aryl methyl sites for hydroxylation is 3. The molecule has 1 aromatic heterocycles. The maximum absolute atomic E-state index is 11.9. The predicted octanol–water partition coefficient (Wildman–Crippen LogP) is 1.63. The smallest absolute Gasteiger partial charge is 0.328 e. The van der Waals surface area contributed by atoms with Crippen molar-refractivity contribution in [1.29, 1.82) is 0 Å². The molecule has 0 amide bonds. The van der Waals surface area contributed by atoms with E-state index < -0.39 is 12.0 Å². The molecule has 0 bridgehead atoms. The molecular weight excluding hydrogens is 282 g/mol. The molecule has 0 spiro atoms. The Bertz CT molecular complexity index is 710. The summed E-state index contributed by atoms with van der Waals surface area (Å²) in [5, 5.41) is 13.4. The van der Waals surface area contributed by atoms with Crippen LogP contribution in [0.25, 0.3) is 0 Å². The number of carboxylic acids is 1. The number of benzene rings is 1. The van der Waals surface area contributed by atoms with E-state index in [4.69, 9.17) is 0 Å². The van der Waals surface area contributed by atoms with Crippen LogP contribution in [0.4, 0.5) is 0 Å². The van der Waals surface area contributed by atoms with E-state index in [1.54, 1.807) is 6.92 Å². The van der Waals surface area contributed by atoms with E-state index in [9.17, 15) is 14.7 Å². The van der Waals surface area contributed by atoms with E-state index in [1.165, 1.54) is 11.6 Å². The van der Waals surface area contributed by atoms with E-state index in [1.807, 2.05) is 30.3 Å². The van der Waals surface area contributed by atoms with Gasteiger partial charge in [0.05, 0.1) is 0 Å². The number of aromatic nitrogens is 3. The minimum atomic E-state index is -0.999. The van der Waals surface area contributed by atoms with Crippen molar-refractivity contribution < 1.29 is 9.90 Å². The van der Waals surface area contributed by atoms with Crippen LogP contribution in [0.3, 0.4) is 0 Å². The first-order valence-corrected chi connectivity index (χ1v) is 7.28. The Morgan fingerprint density at radius 3 is 2.55 bits per heavy atom. The lowest BCUT2D eigenvalue weighted by Crippen LogP contribution is -2.30. The summed E-state index contributed by atoms with van der Waals surface area (Å²) in [6.07, 6.45) is 1.57. The molecule has 6 heteroatoms. The van der Waals surface area contributed by atoms with Crippen molar-refractivity contribution in [2.45, 2.75) is 39.2 Å². The van der Waals surface area contributed by atoms with Crippen molar-refractivity contribution in [2.24, 2.45) is 0 Å². The van der Waals surface area contributed by atoms with Crippen LogP contribution >= 0.6 is 0 Å². The minimum absolute atomic E-state index is 0.288. The number of hydrogen-bond acceptors (Lipinski definition) is 4. The standard InChI is InChI=1S/C16H19N3O3/c1-3-13-15(20)17-14(19(18-13)11(2)16(21)22)10-9-12-7-5-4-6-8-12/h4-8,11H,3,9-10H2,1-2H3,(H,21,22). The van der Waals surface area contributed by atoms with Crippen LogP contribution < -0.4 is 5.56 Å². The second-order valence-corrected chi connectivity index (χ2v) is 5.08. The average Bonchev–Trinajstić information content (AvgIpc) is 2.53. The van der Waals surface area contributed by atoms with Gasteiger partial charge >= 0.3 is 5.97 Å². The topological polar surface area (TPSA) is 85.1 Å². The van der Waals surface area contributed by atoms with Crippen LogP contribution in [0, 0.1) is 0 Å². The molecule has 1 atom stereocenters. The van der Waals surface area contributed by atoms with Gasteiger partial charge in [0.2, 0.25) is 0 Å². The van der Waals surface area contributed by atoms with Crippen molar-refractivity contribution in [3.05, 3.63) is 57.8 Å². The van der Waals surface area contributed by atoms with Gasteiger partial charge in [-0.05, 0) is 25.3 Å². The van der Waals surface area contributed by atoms with E-state index in [2.05, 4.69) is 10.1 Å². The monoisotopic (exact) mass is 301 g/mol. The molecule has 2 aromatic rings. The quantitative estimate of drug-likeness (QED) is 0.876. The predicted molar refractivity (Wildman–Crippen MR) is 81.9 cm³/mol. The van der Waals surface area contributed by atoms with Crippen molar-refractivity contribution in [2.75, 3.05) is 0 Å². The highest BCUT2D eigenvalue weighted by Gasteiger charge is 2.19. The number of carbonyl (C=O) groups is 1. The molecule has 22 heavy (non-hydrogen) atoms. The molecule has 0 aliphatic carbocycles. The van der Waals surface area contributed by atoms with Crippen LogP contribution in [0.2, 0.25) is 0 Å². The first-order chi connectivity index (χ1) is 10.5. The fourth-order valence-corrected chi connectivity index (χ4v) is 2.17. The molecule has 6 nitrogen and oxygen atoms in total. The molecule has 0 radical (unpaired) electrons. The van der Waals surface area contributed by atoms with Gasteiger partial charge in [-0.25, -0.2) is 9.48 Å². The van der Waals surface area contributed by atoms with Gasteiger partial charge < -0.3 is 5.11 Å².